The number of anilines is 1. The second kappa shape index (κ2) is 11.1. The Labute approximate surface area is 192 Å². The van der Waals surface area contributed by atoms with E-state index < -0.39 is 6.10 Å². The van der Waals surface area contributed by atoms with Crippen LogP contribution in [-0.4, -0.2) is 33.1 Å². The molecule has 172 valence electrons. The third-order valence-electron chi connectivity index (χ3n) is 5.19. The number of aromatic amines is 1. The number of tetrazole rings is 1. The second-order valence-electron chi connectivity index (χ2n) is 7.65. The highest BCUT2D eigenvalue weighted by molar-refractivity contribution is 6.05. The summed E-state index contributed by atoms with van der Waals surface area (Å²) in [6, 6.07) is 12.3. The summed E-state index contributed by atoms with van der Waals surface area (Å²) in [4.78, 5) is 12.8. The monoisotopic (exact) mass is 449 g/mol. The van der Waals surface area contributed by atoms with Crippen molar-refractivity contribution in [2.45, 2.75) is 45.1 Å². The van der Waals surface area contributed by atoms with Gasteiger partial charge in [-0.3, -0.25) is 4.79 Å². The van der Waals surface area contributed by atoms with Gasteiger partial charge >= 0.3 is 0 Å². The molecule has 0 radical (unpaired) electrons. The lowest BCUT2D eigenvalue weighted by Gasteiger charge is -2.26. The van der Waals surface area contributed by atoms with Crippen LogP contribution in [0.15, 0.2) is 54.8 Å². The number of amides is 1. The van der Waals surface area contributed by atoms with E-state index in [1.807, 2.05) is 6.08 Å². The number of unbranched alkanes of at least 4 members (excludes halogenated alkanes) is 4. The maximum atomic E-state index is 12.8. The van der Waals surface area contributed by atoms with Crippen LogP contribution in [0.4, 0.5) is 5.69 Å². The summed E-state index contributed by atoms with van der Waals surface area (Å²) in [6.45, 7) is 2.46. The third kappa shape index (κ3) is 5.88. The third-order valence-corrected chi connectivity index (χ3v) is 5.19. The van der Waals surface area contributed by atoms with Crippen LogP contribution in [0.5, 0.6) is 17.2 Å². The van der Waals surface area contributed by atoms with Gasteiger partial charge in [0, 0.05) is 5.56 Å². The number of nitrogens with one attached hydrogen (secondary N) is 2. The minimum absolute atomic E-state index is 0.260. The Morgan fingerprint density at radius 3 is 2.88 bits per heavy atom. The van der Waals surface area contributed by atoms with Gasteiger partial charge in [-0.1, -0.05) is 32.3 Å². The zero-order chi connectivity index (χ0) is 22.9. The summed E-state index contributed by atoms with van der Waals surface area (Å²) in [5.41, 5.74) is 0.997. The molecule has 4 rings (SSSR count). The zero-order valence-electron chi connectivity index (χ0n) is 18.5. The average Bonchev–Trinajstić information content (AvgIpc) is 3.39. The van der Waals surface area contributed by atoms with Crippen molar-refractivity contribution in [3.8, 4) is 17.2 Å². The normalized spacial score (nSPS) is 14.9. The number of rotatable bonds is 10. The first-order chi connectivity index (χ1) is 16.2. The van der Waals surface area contributed by atoms with Crippen molar-refractivity contribution >= 4 is 11.6 Å². The van der Waals surface area contributed by atoms with Gasteiger partial charge in [-0.2, -0.15) is 0 Å². The molecule has 0 aliphatic carbocycles. The molecule has 1 aliphatic rings. The van der Waals surface area contributed by atoms with Crippen LogP contribution in [0, 0.1) is 0 Å². The van der Waals surface area contributed by atoms with Crippen molar-refractivity contribution in [3.63, 3.8) is 0 Å². The molecule has 2 N–H and O–H groups in total. The number of fused-ring (bicyclic) bond motifs is 1. The number of hydrogen-bond acceptors (Lipinski definition) is 7. The predicted molar refractivity (Wildman–Crippen MR) is 122 cm³/mol. The van der Waals surface area contributed by atoms with Crippen LogP contribution in [0.1, 0.15) is 61.3 Å². The van der Waals surface area contributed by atoms with Crippen LogP contribution < -0.4 is 19.5 Å². The molecule has 0 spiro atoms. The Bertz CT molecular complexity index is 1070. The highest BCUT2D eigenvalue weighted by Gasteiger charge is 2.28. The Morgan fingerprint density at radius 2 is 2.09 bits per heavy atom. The zero-order valence-corrected chi connectivity index (χ0v) is 18.5. The number of ether oxygens (including phenoxy) is 3. The van der Waals surface area contributed by atoms with E-state index in [0.717, 1.165) is 6.42 Å². The lowest BCUT2D eigenvalue weighted by atomic mass is 10.1. The summed E-state index contributed by atoms with van der Waals surface area (Å²) < 4.78 is 17.4. The molecule has 9 nitrogen and oxygen atoms in total. The van der Waals surface area contributed by atoms with Crippen LogP contribution in [0.25, 0.3) is 0 Å². The molecule has 1 aromatic heterocycles. The van der Waals surface area contributed by atoms with E-state index in [2.05, 4.69) is 32.9 Å². The van der Waals surface area contributed by atoms with Crippen molar-refractivity contribution in [1.82, 2.24) is 20.6 Å². The average molecular weight is 450 g/mol. The van der Waals surface area contributed by atoms with Crippen LogP contribution >= 0.6 is 0 Å². The number of benzene rings is 2. The van der Waals surface area contributed by atoms with Gasteiger partial charge in [0.05, 0.1) is 11.9 Å². The SMILES string of the molecule is CCCCCC/C=C\Oc1ccc(C(=O)Nc2cccc3c2OC(c2nnn[nH]2)CO3)cc1. The van der Waals surface area contributed by atoms with Gasteiger partial charge in [-0.05, 0) is 65.7 Å². The lowest BCUT2D eigenvalue weighted by molar-refractivity contribution is 0.0856. The van der Waals surface area contributed by atoms with E-state index in [4.69, 9.17) is 14.2 Å². The molecule has 3 aromatic rings. The molecule has 33 heavy (non-hydrogen) atoms. The first-order valence-electron chi connectivity index (χ1n) is 11.1. The maximum absolute atomic E-state index is 12.8. The van der Waals surface area contributed by atoms with Gasteiger partial charge < -0.3 is 19.5 Å². The van der Waals surface area contributed by atoms with Crippen LogP contribution in [0.3, 0.4) is 0 Å². The van der Waals surface area contributed by atoms with Gasteiger partial charge in [0.2, 0.25) is 0 Å². The fourth-order valence-corrected chi connectivity index (χ4v) is 3.39. The smallest absolute Gasteiger partial charge is 0.255 e. The van der Waals surface area contributed by atoms with Crippen LogP contribution in [0.2, 0.25) is 0 Å². The number of aromatic nitrogens is 4. The quantitative estimate of drug-likeness (QED) is 0.337. The molecular formula is C24H27N5O4. The van der Waals surface area contributed by atoms with Gasteiger partial charge in [-0.15, -0.1) is 5.10 Å². The van der Waals surface area contributed by atoms with E-state index in [1.54, 1.807) is 48.7 Å². The van der Waals surface area contributed by atoms with Gasteiger partial charge in [0.25, 0.3) is 5.91 Å². The minimum Gasteiger partial charge on any atom is -0.485 e. The van der Waals surface area contributed by atoms with E-state index >= 15 is 0 Å². The first kappa shape index (κ1) is 22.3. The number of carbonyl (C=O) groups excluding carboxylic acids is 1. The largest absolute Gasteiger partial charge is 0.485 e. The Hall–Kier alpha value is -3.88. The summed E-state index contributed by atoms with van der Waals surface area (Å²) in [5.74, 6) is 1.83. The number of para-hydroxylation sites is 1. The molecule has 0 bridgehead atoms. The Morgan fingerprint density at radius 1 is 1.21 bits per heavy atom. The van der Waals surface area contributed by atoms with E-state index in [0.29, 0.717) is 34.3 Å². The highest BCUT2D eigenvalue weighted by atomic mass is 16.6. The first-order valence-corrected chi connectivity index (χ1v) is 11.1. The molecule has 1 aliphatic heterocycles. The van der Waals surface area contributed by atoms with Gasteiger partial charge in [0.1, 0.15) is 12.4 Å². The molecule has 1 atom stereocenters. The fraction of sp³-hybridized carbons (Fsp3) is 0.333. The summed E-state index contributed by atoms with van der Waals surface area (Å²) in [6.07, 6.45) is 9.14. The maximum Gasteiger partial charge on any atom is 0.255 e. The van der Waals surface area contributed by atoms with Crippen molar-refractivity contribution in [2.75, 3.05) is 11.9 Å². The minimum atomic E-state index is -0.498. The molecule has 0 saturated heterocycles. The van der Waals surface area contributed by atoms with E-state index in [9.17, 15) is 4.79 Å². The number of hydrogen-bond donors (Lipinski definition) is 2. The lowest BCUT2D eigenvalue weighted by Crippen LogP contribution is -2.24. The Balaban J connectivity index is 1.35. The topological polar surface area (TPSA) is 111 Å². The summed E-state index contributed by atoms with van der Waals surface area (Å²) >= 11 is 0. The molecule has 9 heteroatoms. The van der Waals surface area contributed by atoms with Crippen molar-refractivity contribution in [3.05, 3.63) is 66.2 Å². The predicted octanol–water partition coefficient (Wildman–Crippen LogP) is 4.83. The Kier molecular flexibility index (Phi) is 7.52. The number of allylic oxidation sites excluding steroid dienone is 1. The number of nitrogens with zero attached hydrogens (tertiary/aromatic N) is 3. The second-order valence-corrected chi connectivity index (χ2v) is 7.65. The van der Waals surface area contributed by atoms with Crippen molar-refractivity contribution < 1.29 is 19.0 Å². The molecule has 0 fully saturated rings. The molecular weight excluding hydrogens is 422 g/mol. The molecule has 1 amide bonds. The van der Waals surface area contributed by atoms with Crippen molar-refractivity contribution in [1.29, 1.82) is 0 Å². The summed E-state index contributed by atoms with van der Waals surface area (Å²) in [7, 11) is 0. The van der Waals surface area contributed by atoms with E-state index in [1.165, 1.54) is 25.7 Å². The summed E-state index contributed by atoms with van der Waals surface area (Å²) in [5, 5.41) is 16.6. The number of H-pyrrole nitrogens is 1. The molecule has 0 saturated carbocycles. The van der Waals surface area contributed by atoms with Gasteiger partial charge in [0.15, 0.2) is 23.4 Å². The van der Waals surface area contributed by atoms with E-state index in [-0.39, 0.29) is 12.5 Å². The van der Waals surface area contributed by atoms with Crippen LogP contribution in [-0.2, 0) is 0 Å². The fourth-order valence-electron chi connectivity index (χ4n) is 3.39. The standard InChI is InChI=1S/C24H27N5O4/c1-2-3-4-5-6-7-15-31-18-13-11-17(12-14-18)24(30)25-19-9-8-10-20-22(19)33-21(16-32-20)23-26-28-29-27-23/h7-15,21H,2-6,16H2,1H3,(H,25,30)(H,26,27,28,29)/b15-7-. The molecule has 1 unspecified atom stereocenters. The highest BCUT2D eigenvalue weighted by Crippen LogP contribution is 2.41. The van der Waals surface area contributed by atoms with Crippen molar-refractivity contribution in [2.24, 2.45) is 0 Å². The van der Waals surface area contributed by atoms with Gasteiger partial charge in [-0.25, -0.2) is 5.10 Å². The molecule has 2 aromatic carbocycles. The number of carbonyl (C=O) groups is 1. The molecule has 2 heterocycles.